The van der Waals surface area contributed by atoms with Crippen molar-refractivity contribution in [2.45, 2.75) is 33.1 Å². The maximum absolute atomic E-state index is 12.8. The Labute approximate surface area is 228 Å². The third-order valence-corrected chi connectivity index (χ3v) is 6.87. The Morgan fingerprint density at radius 3 is 2.00 bits per heavy atom. The van der Waals surface area contributed by atoms with Crippen LogP contribution in [0.15, 0.2) is 77.7 Å². The quantitative estimate of drug-likeness (QED) is 0.210. The summed E-state index contributed by atoms with van der Waals surface area (Å²) in [4.78, 5) is 26.8. The van der Waals surface area contributed by atoms with Crippen molar-refractivity contribution in [3.8, 4) is 17.2 Å². The molecule has 2 amide bonds. The summed E-state index contributed by atoms with van der Waals surface area (Å²) in [6.45, 7) is 9.80. The van der Waals surface area contributed by atoms with E-state index in [4.69, 9.17) is 14.2 Å². The van der Waals surface area contributed by atoms with Crippen molar-refractivity contribution in [1.29, 1.82) is 0 Å². The van der Waals surface area contributed by atoms with Crippen molar-refractivity contribution in [3.05, 3.63) is 94.4 Å². The van der Waals surface area contributed by atoms with Crippen LogP contribution < -0.4 is 14.2 Å². The number of hydrogen-bond acceptors (Lipinski definition) is 6. The van der Waals surface area contributed by atoms with Gasteiger partial charge in [0.2, 0.25) is 0 Å². The summed E-state index contributed by atoms with van der Waals surface area (Å²) in [5.74, 6) is 1.93. The van der Waals surface area contributed by atoms with Gasteiger partial charge in [0.25, 0.3) is 11.1 Å². The molecule has 0 atom stereocenters. The fourth-order valence-electron chi connectivity index (χ4n) is 3.83. The van der Waals surface area contributed by atoms with E-state index in [1.807, 2.05) is 67.6 Å². The van der Waals surface area contributed by atoms with E-state index < -0.39 is 0 Å². The first-order valence-corrected chi connectivity index (χ1v) is 13.4. The summed E-state index contributed by atoms with van der Waals surface area (Å²) in [6, 6.07) is 23.2. The molecule has 0 bridgehead atoms. The van der Waals surface area contributed by atoms with E-state index in [-0.39, 0.29) is 29.7 Å². The Morgan fingerprint density at radius 1 is 0.789 bits per heavy atom. The molecule has 1 saturated heterocycles. The lowest BCUT2D eigenvalue weighted by molar-refractivity contribution is -0.123. The van der Waals surface area contributed by atoms with Crippen LogP contribution in [0.1, 0.15) is 37.5 Å². The Hall–Kier alpha value is -3.71. The Balaban J connectivity index is 1.23. The average Bonchev–Trinajstić information content (AvgIpc) is 3.15. The molecule has 0 aromatic heterocycles. The summed E-state index contributed by atoms with van der Waals surface area (Å²) in [5.41, 5.74) is 3.27. The molecule has 38 heavy (non-hydrogen) atoms. The molecule has 7 heteroatoms. The normalized spacial score (nSPS) is 14.7. The standard InChI is InChI=1S/C31H33NO5S/c1-22-6-5-7-27(20-22)35-17-16-32-29(33)28(38-30(32)34)21-23-8-12-25(13-9-23)36-18-19-37-26-14-10-24(11-15-26)31(2,3)4/h5-15,20-21H,16-19H2,1-4H3/b28-21-. The van der Waals surface area contributed by atoms with Gasteiger partial charge in [-0.05, 0) is 83.3 Å². The molecular formula is C31H33NO5S. The van der Waals surface area contributed by atoms with Crippen LogP contribution in [0.25, 0.3) is 6.08 Å². The summed E-state index contributed by atoms with van der Waals surface area (Å²) >= 11 is 0.942. The summed E-state index contributed by atoms with van der Waals surface area (Å²) < 4.78 is 17.3. The number of benzene rings is 3. The fraction of sp³-hybridized carbons (Fsp3) is 0.290. The highest BCUT2D eigenvalue weighted by Crippen LogP contribution is 2.32. The van der Waals surface area contributed by atoms with Crippen LogP contribution in [0, 0.1) is 6.92 Å². The Morgan fingerprint density at radius 2 is 1.39 bits per heavy atom. The highest BCUT2D eigenvalue weighted by Gasteiger charge is 2.34. The van der Waals surface area contributed by atoms with Gasteiger partial charge in [-0.2, -0.15) is 0 Å². The predicted octanol–water partition coefficient (Wildman–Crippen LogP) is 6.87. The van der Waals surface area contributed by atoms with Gasteiger partial charge in [-0.3, -0.25) is 14.5 Å². The van der Waals surface area contributed by atoms with Crippen molar-refractivity contribution in [2.75, 3.05) is 26.4 Å². The SMILES string of the molecule is Cc1cccc(OCCN2C(=O)S/C(=C\c3ccc(OCCOc4ccc(C(C)(C)C)cc4)cc3)C2=O)c1. The van der Waals surface area contributed by atoms with E-state index in [2.05, 4.69) is 32.9 Å². The lowest BCUT2D eigenvalue weighted by atomic mass is 9.87. The number of amides is 2. The van der Waals surface area contributed by atoms with Gasteiger partial charge < -0.3 is 14.2 Å². The lowest BCUT2D eigenvalue weighted by Gasteiger charge is -2.19. The molecule has 0 aliphatic carbocycles. The number of ether oxygens (including phenoxy) is 3. The monoisotopic (exact) mass is 531 g/mol. The van der Waals surface area contributed by atoms with Crippen molar-refractivity contribution in [1.82, 2.24) is 4.90 Å². The first-order valence-electron chi connectivity index (χ1n) is 12.6. The largest absolute Gasteiger partial charge is 0.492 e. The molecule has 198 valence electrons. The molecule has 0 spiro atoms. The summed E-state index contributed by atoms with van der Waals surface area (Å²) in [7, 11) is 0. The summed E-state index contributed by atoms with van der Waals surface area (Å²) in [5, 5.41) is -0.290. The highest BCUT2D eigenvalue weighted by molar-refractivity contribution is 8.18. The number of rotatable bonds is 10. The van der Waals surface area contributed by atoms with E-state index in [0.717, 1.165) is 34.4 Å². The fourth-order valence-corrected chi connectivity index (χ4v) is 4.70. The van der Waals surface area contributed by atoms with Gasteiger partial charge >= 0.3 is 0 Å². The number of carbonyl (C=O) groups excluding carboxylic acids is 2. The van der Waals surface area contributed by atoms with Crippen LogP contribution in [0.4, 0.5) is 4.79 Å². The van der Waals surface area contributed by atoms with Gasteiger partial charge in [0, 0.05) is 0 Å². The molecular weight excluding hydrogens is 498 g/mol. The second kappa shape index (κ2) is 12.2. The topological polar surface area (TPSA) is 65.1 Å². The number of thioether (sulfide) groups is 1. The highest BCUT2D eigenvalue weighted by atomic mass is 32.2. The zero-order valence-corrected chi connectivity index (χ0v) is 23.0. The maximum atomic E-state index is 12.8. The van der Waals surface area contributed by atoms with Gasteiger partial charge in [0.05, 0.1) is 11.4 Å². The molecule has 1 aliphatic heterocycles. The van der Waals surface area contributed by atoms with Crippen LogP contribution >= 0.6 is 11.8 Å². The van der Waals surface area contributed by atoms with Crippen molar-refractivity contribution >= 4 is 29.0 Å². The molecule has 1 fully saturated rings. The third kappa shape index (κ3) is 7.42. The van der Waals surface area contributed by atoms with Gasteiger partial charge in [-0.15, -0.1) is 0 Å². The molecule has 0 unspecified atom stereocenters. The number of imide groups is 1. The van der Waals surface area contributed by atoms with E-state index in [0.29, 0.717) is 23.9 Å². The second-order valence-electron chi connectivity index (χ2n) is 10.0. The molecule has 1 aliphatic rings. The number of carbonyl (C=O) groups is 2. The first kappa shape index (κ1) is 27.3. The molecule has 3 aromatic carbocycles. The minimum atomic E-state index is -0.305. The van der Waals surface area contributed by atoms with Crippen molar-refractivity contribution < 1.29 is 23.8 Å². The van der Waals surface area contributed by atoms with Crippen LogP contribution in [-0.4, -0.2) is 42.4 Å². The van der Waals surface area contributed by atoms with E-state index >= 15 is 0 Å². The second-order valence-corrected chi connectivity index (χ2v) is 11.0. The van der Waals surface area contributed by atoms with Crippen molar-refractivity contribution in [3.63, 3.8) is 0 Å². The van der Waals surface area contributed by atoms with Gasteiger partial charge in [0.1, 0.15) is 37.1 Å². The van der Waals surface area contributed by atoms with Crippen LogP contribution in [0.5, 0.6) is 17.2 Å². The minimum absolute atomic E-state index is 0.110. The number of nitrogens with zero attached hydrogens (tertiary/aromatic N) is 1. The Bertz CT molecular complexity index is 1290. The van der Waals surface area contributed by atoms with Gasteiger partial charge in [-0.1, -0.05) is 57.2 Å². The van der Waals surface area contributed by atoms with E-state index in [1.54, 1.807) is 6.08 Å². The van der Waals surface area contributed by atoms with Gasteiger partial charge in [-0.25, -0.2) is 0 Å². The maximum Gasteiger partial charge on any atom is 0.293 e. The number of aryl methyl sites for hydroxylation is 1. The van der Waals surface area contributed by atoms with E-state index in [1.165, 1.54) is 10.5 Å². The smallest absolute Gasteiger partial charge is 0.293 e. The average molecular weight is 532 g/mol. The molecule has 1 heterocycles. The Kier molecular flexibility index (Phi) is 8.79. The first-order chi connectivity index (χ1) is 18.2. The zero-order chi connectivity index (χ0) is 27.1. The lowest BCUT2D eigenvalue weighted by Crippen LogP contribution is -2.32. The number of hydrogen-bond donors (Lipinski definition) is 0. The zero-order valence-electron chi connectivity index (χ0n) is 22.2. The molecule has 6 nitrogen and oxygen atoms in total. The molecule has 3 aromatic rings. The minimum Gasteiger partial charge on any atom is -0.492 e. The molecule has 0 saturated carbocycles. The third-order valence-electron chi connectivity index (χ3n) is 5.97. The van der Waals surface area contributed by atoms with Crippen molar-refractivity contribution in [2.24, 2.45) is 0 Å². The van der Waals surface area contributed by atoms with Crippen LogP contribution in [0.3, 0.4) is 0 Å². The summed E-state index contributed by atoms with van der Waals surface area (Å²) in [6.07, 6.45) is 1.72. The molecule has 0 N–H and O–H groups in total. The van der Waals surface area contributed by atoms with Crippen LogP contribution in [-0.2, 0) is 10.2 Å². The van der Waals surface area contributed by atoms with E-state index in [9.17, 15) is 9.59 Å². The molecule has 4 rings (SSSR count). The van der Waals surface area contributed by atoms with Gasteiger partial charge in [0.15, 0.2) is 0 Å². The van der Waals surface area contributed by atoms with Crippen LogP contribution in [0.2, 0.25) is 0 Å². The predicted molar refractivity (Wildman–Crippen MR) is 152 cm³/mol. The molecule has 0 radical (unpaired) electrons.